The van der Waals surface area contributed by atoms with Crippen molar-refractivity contribution in [2.45, 2.75) is 20.3 Å². The fourth-order valence-corrected chi connectivity index (χ4v) is 4.31. The molecule has 2 heterocycles. The van der Waals surface area contributed by atoms with Gasteiger partial charge in [-0.1, -0.05) is 17.7 Å². The number of halogens is 1. The second-order valence-electron chi connectivity index (χ2n) is 7.26. The van der Waals surface area contributed by atoms with E-state index >= 15 is 0 Å². The van der Waals surface area contributed by atoms with Gasteiger partial charge in [-0.2, -0.15) is 0 Å². The molecule has 4 nitrogen and oxygen atoms in total. The molecule has 1 aliphatic heterocycles. The number of esters is 1. The van der Waals surface area contributed by atoms with Gasteiger partial charge in [0.25, 0.3) is 0 Å². The molecular weight excluding hydrogens is 386 g/mol. The normalized spacial score (nSPS) is 12.8. The lowest BCUT2D eigenvalue weighted by Crippen LogP contribution is -2.09. The number of fused-ring (bicyclic) bond motifs is 1. The molecule has 1 aromatic heterocycles. The predicted octanol–water partition coefficient (Wildman–Crippen LogP) is 5.88. The van der Waals surface area contributed by atoms with Gasteiger partial charge in [0.2, 0.25) is 0 Å². The van der Waals surface area contributed by atoms with E-state index in [2.05, 4.69) is 4.98 Å². The first-order chi connectivity index (χ1) is 14.0. The van der Waals surface area contributed by atoms with E-state index in [-0.39, 0.29) is 5.97 Å². The average molecular weight is 404 g/mol. The summed E-state index contributed by atoms with van der Waals surface area (Å²) in [7, 11) is 0. The Morgan fingerprint density at radius 2 is 2.03 bits per heavy atom. The van der Waals surface area contributed by atoms with Crippen molar-refractivity contribution in [2.24, 2.45) is 0 Å². The third kappa shape index (κ3) is 2.91. The molecule has 144 valence electrons. The second-order valence-corrected chi connectivity index (χ2v) is 7.70. The molecule has 5 rings (SSSR count). The molecule has 3 aromatic carbocycles. The average Bonchev–Trinajstić information content (AvgIpc) is 2.70. The maximum atomic E-state index is 11.9. The van der Waals surface area contributed by atoms with Crippen LogP contribution in [0.4, 0.5) is 0 Å². The van der Waals surface area contributed by atoms with Crippen molar-refractivity contribution in [3.63, 3.8) is 0 Å². The highest BCUT2D eigenvalue weighted by atomic mass is 35.5. The Labute approximate surface area is 173 Å². The molecule has 0 aliphatic carbocycles. The number of nitrogens with zero attached hydrogens (tertiary/aromatic N) is 1. The Kier molecular flexibility index (Phi) is 4.18. The third-order valence-electron chi connectivity index (χ3n) is 5.33. The summed E-state index contributed by atoms with van der Waals surface area (Å²) in [6, 6.07) is 13.8. The van der Waals surface area contributed by atoms with Crippen molar-refractivity contribution in [3.8, 4) is 22.6 Å². The predicted molar refractivity (Wildman–Crippen MR) is 115 cm³/mol. The minimum Gasteiger partial charge on any atom is -0.493 e. The summed E-state index contributed by atoms with van der Waals surface area (Å²) >= 11 is 6.33. The molecule has 1 aliphatic rings. The van der Waals surface area contributed by atoms with Crippen molar-refractivity contribution in [1.29, 1.82) is 0 Å². The lowest BCUT2D eigenvalue weighted by Gasteiger charge is -2.21. The van der Waals surface area contributed by atoms with E-state index in [4.69, 9.17) is 21.1 Å². The molecular formula is C24H18ClNO3. The summed E-state index contributed by atoms with van der Waals surface area (Å²) < 4.78 is 11.6. The molecule has 5 heteroatoms. The lowest BCUT2D eigenvalue weighted by molar-refractivity contribution is -0.131. The van der Waals surface area contributed by atoms with Gasteiger partial charge in [0.1, 0.15) is 11.5 Å². The summed E-state index contributed by atoms with van der Waals surface area (Å²) in [4.78, 5) is 16.6. The SMILES string of the molecule is CC(=O)Oc1c(C)cc2ccc(Cl)cc2c1-c1ccc2c3c(ccnc13)CCO2. The maximum Gasteiger partial charge on any atom is 0.308 e. The first-order valence-electron chi connectivity index (χ1n) is 9.48. The van der Waals surface area contributed by atoms with Crippen LogP contribution in [-0.4, -0.2) is 17.6 Å². The van der Waals surface area contributed by atoms with Gasteiger partial charge in [0.05, 0.1) is 12.1 Å². The Morgan fingerprint density at radius 3 is 2.86 bits per heavy atom. The Balaban J connectivity index is 1.94. The molecule has 0 N–H and O–H groups in total. The molecule has 0 saturated heterocycles. The van der Waals surface area contributed by atoms with E-state index in [0.717, 1.165) is 50.5 Å². The third-order valence-corrected chi connectivity index (χ3v) is 5.56. The van der Waals surface area contributed by atoms with E-state index in [0.29, 0.717) is 17.4 Å². The standard InChI is InChI=1S/C24H18ClNO3/c1-13-11-16-3-4-17(25)12-19(16)22(24(13)29-14(2)27)18-5-6-20-21-15(8-10-28-20)7-9-26-23(18)21/h3-7,9,11-12H,8,10H2,1-2H3. The highest BCUT2D eigenvalue weighted by Gasteiger charge is 2.22. The van der Waals surface area contributed by atoms with Gasteiger partial charge in [0, 0.05) is 41.1 Å². The number of pyridine rings is 1. The van der Waals surface area contributed by atoms with Crippen LogP contribution in [0.15, 0.2) is 48.7 Å². The minimum absolute atomic E-state index is 0.366. The molecule has 0 bridgehead atoms. The molecule has 4 aromatic rings. The van der Waals surface area contributed by atoms with Gasteiger partial charge < -0.3 is 9.47 Å². The van der Waals surface area contributed by atoms with Crippen LogP contribution in [0.25, 0.3) is 32.8 Å². The zero-order valence-corrected chi connectivity index (χ0v) is 16.8. The first kappa shape index (κ1) is 18.0. The summed E-state index contributed by atoms with van der Waals surface area (Å²) in [5.74, 6) is 1.00. The molecule has 0 fully saturated rings. The van der Waals surface area contributed by atoms with E-state index < -0.39 is 0 Å². The molecule has 0 radical (unpaired) electrons. The van der Waals surface area contributed by atoms with Crippen LogP contribution in [0, 0.1) is 6.92 Å². The van der Waals surface area contributed by atoms with Crippen molar-refractivity contribution in [3.05, 3.63) is 64.8 Å². The highest BCUT2D eigenvalue weighted by molar-refractivity contribution is 6.31. The molecule has 0 spiro atoms. The van der Waals surface area contributed by atoms with Gasteiger partial charge in [0.15, 0.2) is 0 Å². The van der Waals surface area contributed by atoms with Crippen LogP contribution in [0.2, 0.25) is 5.02 Å². The van der Waals surface area contributed by atoms with Crippen molar-refractivity contribution < 1.29 is 14.3 Å². The number of carbonyl (C=O) groups excluding carboxylic acids is 1. The summed E-state index contributed by atoms with van der Waals surface area (Å²) in [6.45, 7) is 4.01. The number of hydrogen-bond acceptors (Lipinski definition) is 4. The zero-order chi connectivity index (χ0) is 20.1. The van der Waals surface area contributed by atoms with Crippen LogP contribution >= 0.6 is 11.6 Å². The topological polar surface area (TPSA) is 48.4 Å². The van der Waals surface area contributed by atoms with Crippen LogP contribution in [-0.2, 0) is 11.2 Å². The smallest absolute Gasteiger partial charge is 0.308 e. The maximum absolute atomic E-state index is 11.9. The van der Waals surface area contributed by atoms with E-state index in [9.17, 15) is 4.79 Å². The van der Waals surface area contributed by atoms with Crippen LogP contribution in [0.5, 0.6) is 11.5 Å². The van der Waals surface area contributed by atoms with Gasteiger partial charge in [-0.05, 0) is 65.2 Å². The Morgan fingerprint density at radius 1 is 1.17 bits per heavy atom. The van der Waals surface area contributed by atoms with Crippen molar-refractivity contribution >= 4 is 39.2 Å². The number of aryl methyl sites for hydroxylation is 1. The van der Waals surface area contributed by atoms with Crippen molar-refractivity contribution in [2.75, 3.05) is 6.61 Å². The van der Waals surface area contributed by atoms with Crippen LogP contribution in [0.1, 0.15) is 18.1 Å². The number of hydrogen-bond donors (Lipinski definition) is 0. The van der Waals surface area contributed by atoms with Gasteiger partial charge >= 0.3 is 5.97 Å². The minimum atomic E-state index is -0.366. The summed E-state index contributed by atoms with van der Waals surface area (Å²) in [5, 5.41) is 3.57. The molecule has 29 heavy (non-hydrogen) atoms. The fraction of sp³-hybridized carbons (Fsp3) is 0.167. The van der Waals surface area contributed by atoms with Gasteiger partial charge in [-0.15, -0.1) is 0 Å². The van der Waals surface area contributed by atoms with Gasteiger partial charge in [-0.25, -0.2) is 0 Å². The van der Waals surface area contributed by atoms with Gasteiger partial charge in [-0.3, -0.25) is 9.78 Å². The Bertz CT molecular complexity index is 1300. The monoisotopic (exact) mass is 403 g/mol. The number of rotatable bonds is 2. The summed E-state index contributed by atoms with van der Waals surface area (Å²) in [5.41, 5.74) is 4.63. The van der Waals surface area contributed by atoms with Crippen molar-refractivity contribution in [1.82, 2.24) is 4.98 Å². The zero-order valence-electron chi connectivity index (χ0n) is 16.1. The first-order valence-corrected chi connectivity index (χ1v) is 9.86. The van der Waals surface area contributed by atoms with Crippen LogP contribution in [0.3, 0.4) is 0 Å². The fourth-order valence-electron chi connectivity index (χ4n) is 4.14. The van der Waals surface area contributed by atoms with E-state index in [1.54, 1.807) is 0 Å². The number of aromatic nitrogens is 1. The molecule has 0 saturated carbocycles. The molecule has 0 unspecified atom stereocenters. The largest absolute Gasteiger partial charge is 0.493 e. The second kappa shape index (κ2) is 6.75. The number of benzene rings is 3. The highest BCUT2D eigenvalue weighted by Crippen LogP contribution is 2.45. The number of carbonyl (C=O) groups is 1. The molecule has 0 amide bonds. The quantitative estimate of drug-likeness (QED) is 0.310. The summed E-state index contributed by atoms with van der Waals surface area (Å²) in [6.07, 6.45) is 2.67. The molecule has 0 atom stereocenters. The van der Waals surface area contributed by atoms with E-state index in [1.807, 2.05) is 55.6 Å². The lowest BCUT2D eigenvalue weighted by atomic mass is 9.91. The Hall–Kier alpha value is -3.11. The number of ether oxygens (including phenoxy) is 2. The van der Waals surface area contributed by atoms with Crippen LogP contribution < -0.4 is 9.47 Å². The van der Waals surface area contributed by atoms with E-state index in [1.165, 1.54) is 12.5 Å².